The fraction of sp³-hybridized carbons (Fsp3) is 0.0714. The Labute approximate surface area is 120 Å². The first kappa shape index (κ1) is 12.9. The van der Waals surface area contributed by atoms with Gasteiger partial charge in [-0.25, -0.2) is 4.98 Å². The molecule has 0 atom stereocenters. The standard InChI is InChI=1S/C14H11N5O2/c1-9-16-12(10-5-2-3-7-15-10)18-14(17-9)19-13(20)11-6-4-8-21-11/h2-8H,1H3,(H,16,17,18,19,20). The minimum Gasteiger partial charge on any atom is -0.459 e. The van der Waals surface area contributed by atoms with Crippen LogP contribution in [0, 0.1) is 6.92 Å². The Morgan fingerprint density at radius 3 is 2.76 bits per heavy atom. The number of carbonyl (C=O) groups is 1. The van der Waals surface area contributed by atoms with E-state index in [1.54, 1.807) is 37.4 Å². The molecule has 3 aromatic heterocycles. The van der Waals surface area contributed by atoms with Crippen molar-refractivity contribution in [3.63, 3.8) is 0 Å². The topological polar surface area (TPSA) is 93.8 Å². The zero-order valence-electron chi connectivity index (χ0n) is 11.1. The minimum absolute atomic E-state index is 0.157. The number of nitrogens with zero attached hydrogens (tertiary/aromatic N) is 4. The molecule has 0 saturated heterocycles. The fourth-order valence-corrected chi connectivity index (χ4v) is 1.72. The summed E-state index contributed by atoms with van der Waals surface area (Å²) < 4.78 is 5.02. The van der Waals surface area contributed by atoms with E-state index in [1.165, 1.54) is 6.26 Å². The van der Waals surface area contributed by atoms with Crippen molar-refractivity contribution in [2.75, 3.05) is 5.32 Å². The fourth-order valence-electron chi connectivity index (χ4n) is 1.72. The lowest BCUT2D eigenvalue weighted by atomic mass is 10.3. The van der Waals surface area contributed by atoms with Crippen LogP contribution in [-0.4, -0.2) is 25.8 Å². The van der Waals surface area contributed by atoms with E-state index in [0.717, 1.165) is 0 Å². The Bertz CT molecular complexity index is 756. The highest BCUT2D eigenvalue weighted by molar-refractivity contribution is 6.01. The van der Waals surface area contributed by atoms with Crippen LogP contribution >= 0.6 is 0 Å². The minimum atomic E-state index is -0.419. The van der Waals surface area contributed by atoms with Crippen LogP contribution in [0.25, 0.3) is 11.5 Å². The molecule has 0 aliphatic rings. The van der Waals surface area contributed by atoms with Crippen LogP contribution in [0.4, 0.5) is 5.95 Å². The molecule has 21 heavy (non-hydrogen) atoms. The summed E-state index contributed by atoms with van der Waals surface area (Å²) in [6.07, 6.45) is 3.07. The molecule has 0 spiro atoms. The Morgan fingerprint density at radius 1 is 1.14 bits per heavy atom. The van der Waals surface area contributed by atoms with Gasteiger partial charge in [0, 0.05) is 6.20 Å². The molecule has 3 aromatic rings. The van der Waals surface area contributed by atoms with Crippen molar-refractivity contribution in [2.45, 2.75) is 6.92 Å². The third-order valence-corrected chi connectivity index (χ3v) is 2.61. The summed E-state index contributed by atoms with van der Waals surface area (Å²) in [5, 5.41) is 2.57. The second-order valence-electron chi connectivity index (χ2n) is 4.18. The van der Waals surface area contributed by atoms with E-state index < -0.39 is 5.91 Å². The molecule has 104 valence electrons. The normalized spacial score (nSPS) is 10.3. The van der Waals surface area contributed by atoms with Crippen molar-refractivity contribution in [3.8, 4) is 11.5 Å². The lowest BCUT2D eigenvalue weighted by molar-refractivity contribution is 0.0996. The maximum absolute atomic E-state index is 11.9. The SMILES string of the molecule is Cc1nc(NC(=O)c2ccco2)nc(-c2ccccn2)n1. The molecule has 0 aliphatic heterocycles. The van der Waals surface area contributed by atoms with Gasteiger partial charge in [0.05, 0.1) is 6.26 Å². The number of anilines is 1. The number of aryl methyl sites for hydroxylation is 1. The van der Waals surface area contributed by atoms with Gasteiger partial charge in [0.25, 0.3) is 5.91 Å². The van der Waals surface area contributed by atoms with Crippen LogP contribution in [0.15, 0.2) is 47.2 Å². The largest absolute Gasteiger partial charge is 0.459 e. The summed E-state index contributed by atoms with van der Waals surface area (Å²) >= 11 is 0. The van der Waals surface area contributed by atoms with Crippen LogP contribution in [-0.2, 0) is 0 Å². The van der Waals surface area contributed by atoms with E-state index in [2.05, 4.69) is 25.3 Å². The van der Waals surface area contributed by atoms with Crippen molar-refractivity contribution in [3.05, 3.63) is 54.4 Å². The van der Waals surface area contributed by atoms with Crippen molar-refractivity contribution in [1.82, 2.24) is 19.9 Å². The summed E-state index contributed by atoms with van der Waals surface area (Å²) in [7, 11) is 0. The third-order valence-electron chi connectivity index (χ3n) is 2.61. The first-order valence-corrected chi connectivity index (χ1v) is 6.21. The van der Waals surface area contributed by atoms with Gasteiger partial charge in [-0.05, 0) is 31.2 Å². The van der Waals surface area contributed by atoms with Gasteiger partial charge in [-0.15, -0.1) is 0 Å². The van der Waals surface area contributed by atoms with Gasteiger partial charge in [-0.1, -0.05) is 6.07 Å². The quantitative estimate of drug-likeness (QED) is 0.790. The molecular formula is C14H11N5O2. The molecule has 3 heterocycles. The van der Waals surface area contributed by atoms with E-state index in [-0.39, 0.29) is 11.7 Å². The van der Waals surface area contributed by atoms with E-state index >= 15 is 0 Å². The second-order valence-corrected chi connectivity index (χ2v) is 4.18. The number of rotatable bonds is 3. The number of nitrogens with one attached hydrogen (secondary N) is 1. The average molecular weight is 281 g/mol. The summed E-state index contributed by atoms with van der Waals surface area (Å²) in [5.74, 6) is 0.813. The highest BCUT2D eigenvalue weighted by atomic mass is 16.3. The van der Waals surface area contributed by atoms with Crippen LogP contribution in [0.1, 0.15) is 16.4 Å². The number of carbonyl (C=O) groups excluding carboxylic acids is 1. The lowest BCUT2D eigenvalue weighted by Gasteiger charge is -2.05. The van der Waals surface area contributed by atoms with Gasteiger partial charge >= 0.3 is 0 Å². The average Bonchev–Trinajstić information content (AvgIpc) is 3.02. The van der Waals surface area contributed by atoms with Crippen LogP contribution < -0.4 is 5.32 Å². The Kier molecular flexibility index (Phi) is 3.38. The molecule has 7 nitrogen and oxygen atoms in total. The molecule has 0 unspecified atom stereocenters. The van der Waals surface area contributed by atoms with Crippen molar-refractivity contribution < 1.29 is 9.21 Å². The van der Waals surface area contributed by atoms with Crippen molar-refractivity contribution in [2.24, 2.45) is 0 Å². The van der Waals surface area contributed by atoms with Crippen LogP contribution in [0.5, 0.6) is 0 Å². The molecule has 1 amide bonds. The maximum atomic E-state index is 11.9. The maximum Gasteiger partial charge on any atom is 0.293 e. The molecular weight excluding hydrogens is 270 g/mol. The Balaban J connectivity index is 1.90. The number of pyridine rings is 1. The highest BCUT2D eigenvalue weighted by Gasteiger charge is 2.13. The van der Waals surface area contributed by atoms with Crippen molar-refractivity contribution in [1.29, 1.82) is 0 Å². The molecule has 3 rings (SSSR count). The summed E-state index contributed by atoms with van der Waals surface area (Å²) in [5.41, 5.74) is 0.608. The smallest absolute Gasteiger partial charge is 0.293 e. The number of aromatic nitrogens is 4. The summed E-state index contributed by atoms with van der Waals surface area (Å²) in [4.78, 5) is 28.6. The zero-order valence-corrected chi connectivity index (χ0v) is 11.1. The van der Waals surface area contributed by atoms with Gasteiger partial charge in [-0.3, -0.25) is 15.1 Å². The highest BCUT2D eigenvalue weighted by Crippen LogP contribution is 2.13. The first-order chi connectivity index (χ1) is 10.2. The third kappa shape index (κ3) is 2.92. The predicted octanol–water partition coefficient (Wildman–Crippen LogP) is 2.09. The number of hydrogen-bond donors (Lipinski definition) is 1. The van der Waals surface area contributed by atoms with Gasteiger partial charge in [-0.2, -0.15) is 9.97 Å². The number of hydrogen-bond acceptors (Lipinski definition) is 6. The lowest BCUT2D eigenvalue weighted by Crippen LogP contribution is -2.15. The summed E-state index contributed by atoms with van der Waals surface area (Å²) in [6, 6.07) is 8.61. The van der Waals surface area contributed by atoms with Gasteiger partial charge in [0.1, 0.15) is 11.5 Å². The molecule has 0 bridgehead atoms. The Morgan fingerprint density at radius 2 is 2.05 bits per heavy atom. The van der Waals surface area contributed by atoms with Crippen LogP contribution in [0.2, 0.25) is 0 Å². The Hall–Kier alpha value is -3.09. The summed E-state index contributed by atoms with van der Waals surface area (Å²) in [6.45, 7) is 1.72. The molecule has 0 radical (unpaired) electrons. The first-order valence-electron chi connectivity index (χ1n) is 6.21. The molecule has 1 N–H and O–H groups in total. The van der Waals surface area contributed by atoms with E-state index in [4.69, 9.17) is 4.42 Å². The van der Waals surface area contributed by atoms with E-state index in [9.17, 15) is 4.79 Å². The zero-order chi connectivity index (χ0) is 14.7. The molecule has 0 aromatic carbocycles. The molecule has 7 heteroatoms. The van der Waals surface area contributed by atoms with E-state index in [1.807, 2.05) is 6.07 Å². The predicted molar refractivity (Wildman–Crippen MR) is 74.5 cm³/mol. The number of furan rings is 1. The van der Waals surface area contributed by atoms with Crippen LogP contribution in [0.3, 0.4) is 0 Å². The monoisotopic (exact) mass is 281 g/mol. The van der Waals surface area contributed by atoms with Crippen molar-refractivity contribution >= 4 is 11.9 Å². The van der Waals surface area contributed by atoms with E-state index in [0.29, 0.717) is 17.3 Å². The van der Waals surface area contributed by atoms with Gasteiger partial charge in [0.15, 0.2) is 11.6 Å². The van der Waals surface area contributed by atoms with Gasteiger partial charge in [0.2, 0.25) is 5.95 Å². The van der Waals surface area contributed by atoms with Gasteiger partial charge < -0.3 is 4.42 Å². The number of amides is 1. The molecule has 0 aliphatic carbocycles. The molecule has 0 saturated carbocycles. The second kappa shape index (κ2) is 5.49. The molecule has 0 fully saturated rings.